The van der Waals surface area contributed by atoms with Gasteiger partial charge in [-0.1, -0.05) is 204 Å². The summed E-state index contributed by atoms with van der Waals surface area (Å²) >= 11 is 0. The van der Waals surface area contributed by atoms with E-state index in [4.69, 9.17) is 57.3 Å². The molecular formula is C78H84N10. The molecule has 0 aromatic heterocycles. The summed E-state index contributed by atoms with van der Waals surface area (Å²) in [5.41, 5.74) is 84.5. The Morgan fingerprint density at radius 2 is 0.580 bits per heavy atom. The molecule has 20 N–H and O–H groups in total. The molecule has 12 aromatic carbocycles. The third-order valence-electron chi connectivity index (χ3n) is 17.3. The molecule has 0 atom stereocenters. The summed E-state index contributed by atoms with van der Waals surface area (Å²) in [5, 5.41) is 6.55. The smallest absolute Gasteiger partial charge is 0.0713 e. The van der Waals surface area contributed by atoms with Crippen molar-refractivity contribution in [2.45, 2.75) is 79.1 Å². The van der Waals surface area contributed by atoms with Gasteiger partial charge in [0.15, 0.2) is 0 Å². The van der Waals surface area contributed by atoms with E-state index in [1.807, 2.05) is 104 Å². The SMILES string of the molecule is CCc1cc(CC)c(N)c(C)c1N.CCc1cc(CC)c(N)c(CC)c1N.Nc1ccc(-c2ccc(N)c3ccccc23)c2ccccc12.Nc1ccc(C2(c3ccc(N)cc3)c3ccccc3-c3ccccc32)cc1.Nc1cccc2c(N)cccc12. The largest absolute Gasteiger partial charge is 0.399 e. The van der Waals surface area contributed by atoms with Crippen LogP contribution in [0.2, 0.25) is 0 Å². The van der Waals surface area contributed by atoms with E-state index in [-0.39, 0.29) is 5.41 Å². The van der Waals surface area contributed by atoms with Crippen molar-refractivity contribution in [1.82, 2.24) is 0 Å². The molecular weight excluding hydrogens is 1080 g/mol. The molecule has 12 aromatic rings. The van der Waals surface area contributed by atoms with Gasteiger partial charge in [-0.3, -0.25) is 0 Å². The van der Waals surface area contributed by atoms with Crippen LogP contribution in [0.3, 0.4) is 0 Å². The van der Waals surface area contributed by atoms with Gasteiger partial charge >= 0.3 is 0 Å². The van der Waals surface area contributed by atoms with Crippen LogP contribution in [0.1, 0.15) is 90.3 Å². The van der Waals surface area contributed by atoms with Crippen LogP contribution in [0, 0.1) is 6.92 Å². The molecule has 10 nitrogen and oxygen atoms in total. The molecule has 10 heteroatoms. The van der Waals surface area contributed by atoms with Gasteiger partial charge in [-0.05, 0) is 176 Å². The Morgan fingerprint density at radius 3 is 0.943 bits per heavy atom. The molecule has 0 aliphatic heterocycles. The minimum absolute atomic E-state index is 0.380. The number of nitrogens with two attached hydrogens (primary N) is 10. The number of rotatable bonds is 8. The molecule has 0 saturated heterocycles. The standard InChI is InChI=1S/C25H20N2.C20H16N2.C12H20N2.C11H18N2.C10H10N2/c26-19-13-9-17(10-14-19)25(18-11-15-20(27)16-12-18)23-7-3-1-5-21(23)22-6-2-4-8-24(22)25;21-19-11-9-15(13-5-1-3-7-17(13)19)16-10-12-20(22)18-8-4-2-6-14(16)18;1-4-8-7-9(5-2)12(14)10(6-3)11(8)13;1-4-8-6-9(5-2)11(13)7(3)10(8)12;11-9-5-1-3-7-8(9)4-2-6-10(7)12/h1-16H,26-27H2;1-12H,21-22H2;7H,4-6,13-14H2,1-3H3;6H,4-5,12-13H2,1-3H3;1-6H,11-12H2. The van der Waals surface area contributed by atoms with Gasteiger partial charge in [0.05, 0.1) is 5.41 Å². The van der Waals surface area contributed by atoms with Crippen molar-refractivity contribution in [3.05, 3.63) is 274 Å². The summed E-state index contributed by atoms with van der Waals surface area (Å²) in [6, 6.07) is 74.3. The second kappa shape index (κ2) is 27.2. The van der Waals surface area contributed by atoms with E-state index in [9.17, 15) is 0 Å². The molecule has 0 heterocycles. The van der Waals surface area contributed by atoms with Gasteiger partial charge in [0.25, 0.3) is 0 Å². The van der Waals surface area contributed by atoms with E-state index in [1.54, 1.807) is 0 Å². The monoisotopic (exact) mass is 1160 g/mol. The first-order chi connectivity index (χ1) is 42.5. The van der Waals surface area contributed by atoms with Gasteiger partial charge in [-0.2, -0.15) is 0 Å². The second-order valence-electron chi connectivity index (χ2n) is 22.3. The van der Waals surface area contributed by atoms with E-state index in [0.717, 1.165) is 132 Å². The van der Waals surface area contributed by atoms with E-state index in [0.29, 0.717) is 0 Å². The molecule has 13 rings (SSSR count). The molecule has 0 unspecified atom stereocenters. The van der Waals surface area contributed by atoms with E-state index >= 15 is 0 Å². The number of hydrogen-bond donors (Lipinski definition) is 10. The molecule has 0 fully saturated rings. The quantitative estimate of drug-likeness (QED) is 0.0644. The lowest BCUT2D eigenvalue weighted by Gasteiger charge is -2.34. The summed E-state index contributed by atoms with van der Waals surface area (Å²) in [5.74, 6) is 0. The Balaban J connectivity index is 0.000000136. The van der Waals surface area contributed by atoms with Crippen LogP contribution in [0.25, 0.3) is 54.6 Å². The van der Waals surface area contributed by atoms with Gasteiger partial charge in [0, 0.05) is 78.4 Å². The third-order valence-corrected chi connectivity index (χ3v) is 17.3. The highest BCUT2D eigenvalue weighted by molar-refractivity contribution is 6.10. The van der Waals surface area contributed by atoms with Gasteiger partial charge in [0.1, 0.15) is 0 Å². The first kappa shape index (κ1) is 62.0. The molecule has 0 radical (unpaired) electrons. The Kier molecular flexibility index (Phi) is 19.2. The minimum Gasteiger partial charge on any atom is -0.399 e. The molecule has 0 bridgehead atoms. The molecule has 1 aliphatic carbocycles. The van der Waals surface area contributed by atoms with E-state index in [1.165, 1.54) is 66.8 Å². The summed E-state index contributed by atoms with van der Waals surface area (Å²) in [4.78, 5) is 0. The number of aryl methyl sites for hydroxylation is 4. The van der Waals surface area contributed by atoms with Crippen molar-refractivity contribution in [3.8, 4) is 22.3 Å². The van der Waals surface area contributed by atoms with Crippen molar-refractivity contribution in [2.75, 3.05) is 57.3 Å². The fourth-order valence-electron chi connectivity index (χ4n) is 12.4. The fraction of sp³-hybridized carbons (Fsp3) is 0.154. The Morgan fingerprint density at radius 1 is 0.273 bits per heavy atom. The average molecular weight is 1160 g/mol. The average Bonchev–Trinajstić information content (AvgIpc) is 1.54. The maximum Gasteiger partial charge on any atom is 0.0713 e. The first-order valence-electron chi connectivity index (χ1n) is 30.4. The molecule has 0 amide bonds. The highest BCUT2D eigenvalue weighted by Crippen LogP contribution is 2.56. The van der Waals surface area contributed by atoms with Gasteiger partial charge in [0.2, 0.25) is 0 Å². The zero-order valence-corrected chi connectivity index (χ0v) is 51.6. The topological polar surface area (TPSA) is 260 Å². The van der Waals surface area contributed by atoms with Gasteiger partial charge < -0.3 is 57.3 Å². The van der Waals surface area contributed by atoms with Crippen molar-refractivity contribution < 1.29 is 0 Å². The van der Waals surface area contributed by atoms with E-state index in [2.05, 4.69) is 156 Å². The normalized spacial score (nSPS) is 11.6. The van der Waals surface area contributed by atoms with Crippen LogP contribution in [0.15, 0.2) is 218 Å². The second-order valence-corrected chi connectivity index (χ2v) is 22.3. The lowest BCUT2D eigenvalue weighted by atomic mass is 9.67. The zero-order valence-electron chi connectivity index (χ0n) is 51.6. The summed E-state index contributed by atoms with van der Waals surface area (Å²) in [6.07, 6.45) is 4.82. The number of nitrogen functional groups attached to an aromatic ring is 10. The maximum atomic E-state index is 6.12. The number of anilines is 10. The van der Waals surface area contributed by atoms with Crippen molar-refractivity contribution in [3.63, 3.8) is 0 Å². The van der Waals surface area contributed by atoms with Gasteiger partial charge in [-0.25, -0.2) is 0 Å². The Labute approximate surface area is 519 Å². The van der Waals surface area contributed by atoms with Crippen molar-refractivity contribution in [1.29, 1.82) is 0 Å². The van der Waals surface area contributed by atoms with Crippen LogP contribution < -0.4 is 57.3 Å². The van der Waals surface area contributed by atoms with E-state index < -0.39 is 0 Å². The molecule has 88 heavy (non-hydrogen) atoms. The minimum atomic E-state index is -0.380. The summed E-state index contributed by atoms with van der Waals surface area (Å²) in [6.45, 7) is 12.6. The Bertz CT molecular complexity index is 4160. The predicted octanol–water partition coefficient (Wildman–Crippen LogP) is 16.9. The lowest BCUT2D eigenvalue weighted by Crippen LogP contribution is -2.28. The van der Waals surface area contributed by atoms with Crippen LogP contribution >= 0.6 is 0 Å². The fourth-order valence-corrected chi connectivity index (χ4v) is 12.4. The predicted molar refractivity (Wildman–Crippen MR) is 383 cm³/mol. The third kappa shape index (κ3) is 12.1. The number of fused-ring (bicyclic) bond motifs is 6. The van der Waals surface area contributed by atoms with Gasteiger partial charge in [-0.15, -0.1) is 0 Å². The van der Waals surface area contributed by atoms with Crippen LogP contribution in [0.5, 0.6) is 0 Å². The number of hydrogen-bond acceptors (Lipinski definition) is 10. The lowest BCUT2D eigenvalue weighted by molar-refractivity contribution is 0.769. The summed E-state index contributed by atoms with van der Waals surface area (Å²) in [7, 11) is 0. The van der Waals surface area contributed by atoms with Crippen LogP contribution in [0.4, 0.5) is 56.9 Å². The highest BCUT2D eigenvalue weighted by atomic mass is 14.7. The molecule has 1 aliphatic rings. The van der Waals surface area contributed by atoms with Crippen LogP contribution in [-0.2, 0) is 37.5 Å². The maximum absolute atomic E-state index is 6.12. The highest BCUT2D eigenvalue weighted by Gasteiger charge is 2.45. The molecule has 446 valence electrons. The molecule has 0 saturated carbocycles. The Hall–Kier alpha value is -10.6. The first-order valence-corrected chi connectivity index (χ1v) is 30.4. The molecule has 0 spiro atoms. The number of benzene rings is 12. The zero-order chi connectivity index (χ0) is 62.8. The summed E-state index contributed by atoms with van der Waals surface area (Å²) < 4.78 is 0. The van der Waals surface area contributed by atoms with Crippen molar-refractivity contribution in [2.24, 2.45) is 0 Å². The van der Waals surface area contributed by atoms with Crippen LogP contribution in [-0.4, -0.2) is 0 Å². The van der Waals surface area contributed by atoms with Crippen molar-refractivity contribution >= 4 is 89.2 Å².